The minimum absolute atomic E-state index is 0.195. The lowest BCUT2D eigenvalue weighted by Gasteiger charge is -2.31. The number of imidazole rings is 1. The topological polar surface area (TPSA) is 81.8 Å². The molecular weight excluding hydrogens is 304 g/mol. The number of hydrogen-bond acceptors (Lipinski definition) is 3. The fourth-order valence-corrected chi connectivity index (χ4v) is 3.19. The normalized spacial score (nSPS) is 18.2. The van der Waals surface area contributed by atoms with Gasteiger partial charge in [0.25, 0.3) is 11.5 Å². The van der Waals surface area contributed by atoms with E-state index in [9.17, 15) is 9.59 Å². The number of carbonyl (C=O) groups excluding carboxylic acids is 1. The summed E-state index contributed by atoms with van der Waals surface area (Å²) in [4.78, 5) is 37.3. The molecule has 3 rings (SSSR count). The number of pyridine rings is 1. The van der Waals surface area contributed by atoms with Crippen molar-refractivity contribution in [3.05, 3.63) is 51.5 Å². The van der Waals surface area contributed by atoms with Gasteiger partial charge in [0, 0.05) is 36.6 Å². The highest BCUT2D eigenvalue weighted by molar-refractivity contribution is 5.94. The van der Waals surface area contributed by atoms with Crippen LogP contribution in [0, 0.1) is 6.92 Å². The van der Waals surface area contributed by atoms with Crippen LogP contribution in [0.3, 0.4) is 0 Å². The number of nitrogens with zero attached hydrogens (tertiary/aromatic N) is 2. The van der Waals surface area contributed by atoms with Crippen LogP contribution in [-0.2, 0) is 0 Å². The van der Waals surface area contributed by atoms with Gasteiger partial charge in [0.2, 0.25) is 0 Å². The first-order valence-electron chi connectivity index (χ1n) is 8.49. The lowest BCUT2D eigenvalue weighted by atomic mass is 9.96. The Morgan fingerprint density at radius 1 is 1.33 bits per heavy atom. The van der Waals surface area contributed by atoms with E-state index in [-0.39, 0.29) is 28.9 Å². The standard InChI is InChI=1S/C18H24N4O2/c1-11(2)15-7-6-14(17(23)21-15)18(24)22-8-4-5-13(10-22)16-19-9-12(3)20-16/h6-7,9,11,13H,4-5,8,10H2,1-3H3,(H,19,20)(H,21,23). The first kappa shape index (κ1) is 16.5. The third-order valence-electron chi connectivity index (χ3n) is 4.60. The SMILES string of the molecule is Cc1cnc(C2CCCN(C(=O)c3ccc(C(C)C)[nH]c3=O)C2)[nH]1. The van der Waals surface area contributed by atoms with Crippen molar-refractivity contribution in [2.24, 2.45) is 0 Å². The zero-order valence-corrected chi connectivity index (χ0v) is 14.4. The van der Waals surface area contributed by atoms with Crippen molar-refractivity contribution in [2.45, 2.75) is 45.4 Å². The van der Waals surface area contributed by atoms with E-state index in [1.807, 2.05) is 33.0 Å². The summed E-state index contributed by atoms with van der Waals surface area (Å²) in [7, 11) is 0. The lowest BCUT2D eigenvalue weighted by molar-refractivity contribution is 0.0703. The number of aryl methyl sites for hydroxylation is 1. The average molecular weight is 328 g/mol. The minimum atomic E-state index is -0.304. The first-order chi connectivity index (χ1) is 11.5. The molecule has 1 saturated heterocycles. The molecule has 6 nitrogen and oxygen atoms in total. The van der Waals surface area contributed by atoms with Crippen LogP contribution in [0.4, 0.5) is 0 Å². The number of amides is 1. The zero-order chi connectivity index (χ0) is 17.3. The van der Waals surface area contributed by atoms with Crippen molar-refractivity contribution in [3.63, 3.8) is 0 Å². The quantitative estimate of drug-likeness (QED) is 0.908. The number of nitrogens with one attached hydrogen (secondary N) is 2. The van der Waals surface area contributed by atoms with Gasteiger partial charge in [0.1, 0.15) is 11.4 Å². The average Bonchev–Trinajstić information content (AvgIpc) is 3.01. The van der Waals surface area contributed by atoms with Crippen molar-refractivity contribution in [2.75, 3.05) is 13.1 Å². The van der Waals surface area contributed by atoms with Crippen LogP contribution in [0.15, 0.2) is 23.1 Å². The number of H-pyrrole nitrogens is 2. The van der Waals surface area contributed by atoms with Gasteiger partial charge in [-0.15, -0.1) is 0 Å². The summed E-state index contributed by atoms with van der Waals surface area (Å²) in [5.74, 6) is 1.16. The van der Waals surface area contributed by atoms with Crippen LogP contribution in [0.2, 0.25) is 0 Å². The molecule has 2 aromatic heterocycles. The molecule has 1 atom stereocenters. The molecule has 0 radical (unpaired) electrons. The molecule has 1 unspecified atom stereocenters. The summed E-state index contributed by atoms with van der Waals surface area (Å²) >= 11 is 0. The van der Waals surface area contributed by atoms with Gasteiger partial charge in [-0.2, -0.15) is 0 Å². The maximum Gasteiger partial charge on any atom is 0.261 e. The molecular formula is C18H24N4O2. The molecule has 1 fully saturated rings. The Labute approximate surface area is 141 Å². The van der Waals surface area contributed by atoms with E-state index in [4.69, 9.17) is 0 Å². The smallest absolute Gasteiger partial charge is 0.261 e. The van der Waals surface area contributed by atoms with E-state index < -0.39 is 0 Å². The fraction of sp³-hybridized carbons (Fsp3) is 0.500. The van der Waals surface area contributed by atoms with E-state index in [1.165, 1.54) is 0 Å². The maximum atomic E-state index is 12.8. The summed E-state index contributed by atoms with van der Waals surface area (Å²) in [5.41, 5.74) is 1.78. The molecule has 24 heavy (non-hydrogen) atoms. The molecule has 0 aromatic carbocycles. The monoisotopic (exact) mass is 328 g/mol. The Hall–Kier alpha value is -2.37. The predicted octanol–water partition coefficient (Wildman–Crippen LogP) is 2.55. The van der Waals surface area contributed by atoms with E-state index in [1.54, 1.807) is 11.0 Å². The van der Waals surface area contributed by atoms with Crippen molar-refractivity contribution in [1.82, 2.24) is 19.9 Å². The third kappa shape index (κ3) is 3.27. The molecule has 2 aromatic rings. The van der Waals surface area contributed by atoms with E-state index in [2.05, 4.69) is 15.0 Å². The second-order valence-electron chi connectivity index (χ2n) is 6.85. The third-order valence-corrected chi connectivity index (χ3v) is 4.60. The van der Waals surface area contributed by atoms with Gasteiger partial charge in [-0.05, 0) is 37.8 Å². The predicted molar refractivity (Wildman–Crippen MR) is 92.4 cm³/mol. The highest BCUT2D eigenvalue weighted by atomic mass is 16.2. The first-order valence-corrected chi connectivity index (χ1v) is 8.49. The summed E-state index contributed by atoms with van der Waals surface area (Å²) in [6.07, 6.45) is 3.73. The second kappa shape index (κ2) is 6.63. The lowest BCUT2D eigenvalue weighted by Crippen LogP contribution is -2.41. The Balaban J connectivity index is 1.78. The molecule has 1 aliphatic heterocycles. The zero-order valence-electron chi connectivity index (χ0n) is 14.4. The van der Waals surface area contributed by atoms with Crippen LogP contribution in [0.25, 0.3) is 0 Å². The molecule has 0 spiro atoms. The molecule has 2 N–H and O–H groups in total. The van der Waals surface area contributed by atoms with E-state index in [0.29, 0.717) is 13.1 Å². The molecule has 6 heteroatoms. The molecule has 0 saturated carbocycles. The molecule has 0 bridgehead atoms. The fourth-order valence-electron chi connectivity index (χ4n) is 3.19. The number of likely N-dealkylation sites (tertiary alicyclic amines) is 1. The minimum Gasteiger partial charge on any atom is -0.346 e. The number of aromatic nitrogens is 3. The number of carbonyl (C=O) groups is 1. The van der Waals surface area contributed by atoms with Gasteiger partial charge >= 0.3 is 0 Å². The number of hydrogen-bond donors (Lipinski definition) is 2. The summed E-state index contributed by atoms with van der Waals surface area (Å²) in [6, 6.07) is 3.48. The van der Waals surface area contributed by atoms with Gasteiger partial charge in [0.15, 0.2) is 0 Å². The molecule has 0 aliphatic carbocycles. The molecule has 128 valence electrons. The van der Waals surface area contributed by atoms with Crippen LogP contribution in [0.5, 0.6) is 0 Å². The van der Waals surface area contributed by atoms with Crippen molar-refractivity contribution in [3.8, 4) is 0 Å². The van der Waals surface area contributed by atoms with Gasteiger partial charge in [-0.25, -0.2) is 4.98 Å². The van der Waals surface area contributed by atoms with Gasteiger partial charge in [-0.3, -0.25) is 9.59 Å². The summed E-state index contributed by atoms with van der Waals surface area (Å²) in [6.45, 7) is 7.26. The van der Waals surface area contributed by atoms with Crippen molar-refractivity contribution in [1.29, 1.82) is 0 Å². The van der Waals surface area contributed by atoms with Crippen molar-refractivity contribution >= 4 is 5.91 Å². The maximum absolute atomic E-state index is 12.8. The Morgan fingerprint density at radius 2 is 2.12 bits per heavy atom. The van der Waals surface area contributed by atoms with Gasteiger partial charge in [-0.1, -0.05) is 13.8 Å². The Morgan fingerprint density at radius 3 is 2.75 bits per heavy atom. The van der Waals surface area contributed by atoms with Crippen LogP contribution >= 0.6 is 0 Å². The Kier molecular flexibility index (Phi) is 4.55. The molecule has 1 aliphatic rings. The summed E-state index contributed by atoms with van der Waals surface area (Å²) < 4.78 is 0. The highest BCUT2D eigenvalue weighted by Crippen LogP contribution is 2.25. The molecule has 1 amide bonds. The highest BCUT2D eigenvalue weighted by Gasteiger charge is 2.28. The molecule has 3 heterocycles. The second-order valence-corrected chi connectivity index (χ2v) is 6.85. The van der Waals surface area contributed by atoms with Crippen LogP contribution in [0.1, 0.15) is 66.1 Å². The summed E-state index contributed by atoms with van der Waals surface area (Å²) in [5, 5.41) is 0. The Bertz CT molecular complexity index is 790. The van der Waals surface area contributed by atoms with Gasteiger partial charge < -0.3 is 14.9 Å². The number of aromatic amines is 2. The van der Waals surface area contributed by atoms with E-state index >= 15 is 0 Å². The van der Waals surface area contributed by atoms with Gasteiger partial charge in [0.05, 0.1) is 0 Å². The van der Waals surface area contributed by atoms with Crippen LogP contribution in [-0.4, -0.2) is 38.8 Å². The van der Waals surface area contributed by atoms with Crippen molar-refractivity contribution < 1.29 is 4.79 Å². The number of piperidine rings is 1. The largest absolute Gasteiger partial charge is 0.346 e. The van der Waals surface area contributed by atoms with Crippen LogP contribution < -0.4 is 5.56 Å². The van der Waals surface area contributed by atoms with E-state index in [0.717, 1.165) is 30.1 Å². The number of rotatable bonds is 3.